The third-order valence-corrected chi connectivity index (χ3v) is 8.33. The Labute approximate surface area is 318 Å². The van der Waals surface area contributed by atoms with Gasteiger partial charge in [0.05, 0.1) is 18.6 Å². The molecule has 4 aromatic carbocycles. The fraction of sp³-hybridized carbons (Fsp3) is 0.250. The summed E-state index contributed by atoms with van der Waals surface area (Å²) in [7, 11) is 0. The normalized spacial score (nSPS) is 12.2. The van der Waals surface area contributed by atoms with Gasteiger partial charge in [-0.1, -0.05) is 54.6 Å². The van der Waals surface area contributed by atoms with Gasteiger partial charge in [0.2, 0.25) is 0 Å². The molecule has 0 fully saturated rings. The van der Waals surface area contributed by atoms with Crippen molar-refractivity contribution in [1.29, 1.82) is 0 Å². The van der Waals surface area contributed by atoms with E-state index in [2.05, 4.69) is 5.32 Å². The topological polar surface area (TPSA) is 121 Å². The monoisotopic (exact) mass is 706 g/mol. The Morgan fingerprint density at radius 1 is 0.784 bits per heavy atom. The zero-order valence-corrected chi connectivity index (χ0v) is 27.9. The van der Waals surface area contributed by atoms with E-state index in [1.165, 1.54) is 24.3 Å². The Bertz CT molecular complexity index is 1900. The molecule has 0 aliphatic heterocycles. The van der Waals surface area contributed by atoms with E-state index >= 15 is 0 Å². The minimum atomic E-state index is -1.23. The molecule has 1 amide bonds. The van der Waals surface area contributed by atoms with E-state index in [-0.39, 0.29) is 60.6 Å². The van der Waals surface area contributed by atoms with Gasteiger partial charge in [-0.25, -0.2) is 8.78 Å². The van der Waals surface area contributed by atoms with Crippen molar-refractivity contribution in [2.45, 2.75) is 64.4 Å². The molecule has 0 aliphatic rings. The van der Waals surface area contributed by atoms with E-state index in [4.69, 9.17) is 9.84 Å². The summed E-state index contributed by atoms with van der Waals surface area (Å²) in [6, 6.07) is 28.1. The molecule has 5 rings (SSSR count). The first-order chi connectivity index (χ1) is 24.0. The number of carbonyl (C=O) groups is 2. The number of ether oxygens (including phenoxy) is 1. The molecule has 2 atom stereocenters. The number of anilines is 1. The molecular weight excluding hydrogens is 665 g/mol. The number of aliphatic hydroxyl groups excluding tert-OH is 2. The van der Waals surface area contributed by atoms with Gasteiger partial charge >= 0.3 is 35.5 Å². The summed E-state index contributed by atoms with van der Waals surface area (Å²) in [6.45, 7) is 4.21. The number of hydrogen-bond donors (Lipinski definition) is 4. The van der Waals surface area contributed by atoms with E-state index in [1.54, 1.807) is 48.5 Å². The van der Waals surface area contributed by atoms with Gasteiger partial charge in [-0.2, -0.15) is 0 Å². The van der Waals surface area contributed by atoms with Crippen LogP contribution < -0.4 is 10.1 Å². The second kappa shape index (κ2) is 18.3. The number of aliphatic hydroxyl groups is 2. The Hall–Kier alpha value is -4.32. The molecule has 0 radical (unpaired) electrons. The number of carbonyl (C=O) groups excluding carboxylic acids is 1. The molecule has 51 heavy (non-hydrogen) atoms. The zero-order chi connectivity index (χ0) is 35.8. The molecule has 1 heterocycles. The van der Waals surface area contributed by atoms with Gasteiger partial charge in [0.15, 0.2) is 0 Å². The number of carboxylic acid groups (broad SMARTS) is 1. The van der Waals surface area contributed by atoms with Crippen molar-refractivity contribution in [3.05, 3.63) is 132 Å². The van der Waals surface area contributed by atoms with Gasteiger partial charge in [-0.15, -0.1) is 0 Å². The molecule has 262 valence electrons. The number of aliphatic carboxylic acids is 1. The standard InChI is InChI=1S/C40H40F2N2O6.Na.H/c1-25(2)44-35(21-18-32(45)22-33(46)23-36(47)48)37(27-8-12-29(41)13-9-27)38(28-10-14-30(42)15-11-28)39(44)40(49)43-31-16-19-34(20-17-31)50-24-26-6-4-3-5-7-26;;/h3-17,19-20,25,32-33,45-46H,18,21-24H2,1-2H3,(H,43,49)(H,47,48);;/t32-,33+;;/m0../s1. The van der Waals surface area contributed by atoms with Crippen molar-refractivity contribution in [2.24, 2.45) is 0 Å². The molecule has 0 saturated carbocycles. The average Bonchev–Trinajstić information content (AvgIpc) is 3.43. The van der Waals surface area contributed by atoms with Crippen molar-refractivity contribution in [3.8, 4) is 28.0 Å². The number of amides is 1. The molecule has 0 bridgehead atoms. The van der Waals surface area contributed by atoms with Crippen LogP contribution in [0.5, 0.6) is 5.75 Å². The van der Waals surface area contributed by atoms with E-state index in [1.807, 2.05) is 48.7 Å². The van der Waals surface area contributed by atoms with Gasteiger partial charge < -0.3 is 29.9 Å². The van der Waals surface area contributed by atoms with Crippen LogP contribution in [-0.4, -0.2) is 73.5 Å². The van der Waals surface area contributed by atoms with Gasteiger partial charge in [-0.05, 0) is 98.3 Å². The Morgan fingerprint density at radius 2 is 1.35 bits per heavy atom. The number of nitrogens with zero attached hydrogens (tertiary/aromatic N) is 1. The molecule has 4 N–H and O–H groups in total. The van der Waals surface area contributed by atoms with Gasteiger partial charge in [0, 0.05) is 28.6 Å². The molecular formula is C40H41F2N2NaO6. The number of hydrogen-bond acceptors (Lipinski definition) is 5. The van der Waals surface area contributed by atoms with E-state index in [9.17, 15) is 28.6 Å². The summed E-state index contributed by atoms with van der Waals surface area (Å²) in [4.78, 5) is 25.5. The summed E-state index contributed by atoms with van der Waals surface area (Å²) in [5, 5.41) is 33.0. The summed E-state index contributed by atoms with van der Waals surface area (Å²) < 4.78 is 36.1. The molecule has 0 unspecified atom stereocenters. The van der Waals surface area contributed by atoms with Crippen molar-refractivity contribution in [2.75, 3.05) is 5.32 Å². The van der Waals surface area contributed by atoms with Crippen molar-refractivity contribution in [3.63, 3.8) is 0 Å². The quantitative estimate of drug-likeness (QED) is 0.0844. The van der Waals surface area contributed by atoms with Crippen LogP contribution in [0.1, 0.15) is 60.9 Å². The number of nitrogens with one attached hydrogen (secondary N) is 1. The van der Waals surface area contributed by atoms with Crippen LogP contribution in [0.3, 0.4) is 0 Å². The third kappa shape index (κ3) is 10.4. The second-order valence-corrected chi connectivity index (χ2v) is 12.5. The summed E-state index contributed by atoms with van der Waals surface area (Å²) in [6.07, 6.45) is -2.57. The van der Waals surface area contributed by atoms with Crippen molar-refractivity contribution < 1.29 is 38.4 Å². The Morgan fingerprint density at radius 3 is 1.90 bits per heavy atom. The molecule has 11 heteroatoms. The van der Waals surface area contributed by atoms with E-state index in [0.29, 0.717) is 46.0 Å². The molecule has 0 saturated heterocycles. The SMILES string of the molecule is CC(C)n1c(CC[C@H](O)C[C@@H](O)CC(=O)O)c(-c2ccc(F)cc2)c(-c2ccc(F)cc2)c1C(=O)Nc1ccc(OCc2ccccc2)cc1.[NaH]. The van der Waals surface area contributed by atoms with Crippen molar-refractivity contribution >= 4 is 47.1 Å². The minimum absolute atomic E-state index is 0. The summed E-state index contributed by atoms with van der Waals surface area (Å²) in [5.41, 5.74) is 4.74. The predicted octanol–water partition coefficient (Wildman–Crippen LogP) is 7.38. The zero-order valence-electron chi connectivity index (χ0n) is 27.9. The van der Waals surface area contributed by atoms with E-state index in [0.717, 1.165) is 5.56 Å². The third-order valence-electron chi connectivity index (χ3n) is 8.33. The number of rotatable bonds is 15. The predicted molar refractivity (Wildman–Crippen MR) is 195 cm³/mol. The number of halogens is 2. The van der Waals surface area contributed by atoms with E-state index < -0.39 is 42.1 Å². The number of carboxylic acids is 1. The molecule has 5 aromatic rings. The van der Waals surface area contributed by atoms with Crippen LogP contribution in [0.25, 0.3) is 22.3 Å². The van der Waals surface area contributed by atoms with Crippen LogP contribution >= 0.6 is 0 Å². The first-order valence-electron chi connectivity index (χ1n) is 16.4. The van der Waals surface area contributed by atoms with Gasteiger partial charge in [0.25, 0.3) is 5.91 Å². The maximum atomic E-state index is 14.4. The first kappa shape index (κ1) is 39.5. The van der Waals surface area contributed by atoms with Crippen molar-refractivity contribution in [1.82, 2.24) is 4.57 Å². The second-order valence-electron chi connectivity index (χ2n) is 12.5. The Balaban J connectivity index is 0.00000583. The summed E-state index contributed by atoms with van der Waals surface area (Å²) in [5.74, 6) is -1.89. The number of aromatic nitrogens is 1. The summed E-state index contributed by atoms with van der Waals surface area (Å²) >= 11 is 0. The maximum absolute atomic E-state index is 14.4. The van der Waals surface area contributed by atoms with Crippen LogP contribution in [0.4, 0.5) is 14.5 Å². The van der Waals surface area contributed by atoms with Crippen LogP contribution in [0.15, 0.2) is 103 Å². The van der Waals surface area contributed by atoms with Gasteiger partial charge in [-0.3, -0.25) is 9.59 Å². The average molecular weight is 707 g/mol. The first-order valence-corrected chi connectivity index (χ1v) is 16.4. The fourth-order valence-electron chi connectivity index (χ4n) is 6.09. The fourth-order valence-corrected chi connectivity index (χ4v) is 6.09. The molecule has 8 nitrogen and oxygen atoms in total. The molecule has 0 aliphatic carbocycles. The molecule has 1 aromatic heterocycles. The molecule has 0 spiro atoms. The Kier molecular flexibility index (Phi) is 14.1. The van der Waals surface area contributed by atoms with Crippen LogP contribution in [-0.2, 0) is 17.8 Å². The van der Waals surface area contributed by atoms with Gasteiger partial charge in [0.1, 0.15) is 29.7 Å². The van der Waals surface area contributed by atoms with Crippen LogP contribution in [0.2, 0.25) is 0 Å². The van der Waals surface area contributed by atoms with Crippen LogP contribution in [0, 0.1) is 11.6 Å². The number of benzene rings is 4.